The number of carbonyl (C=O) groups excluding carboxylic acids is 1. The van der Waals surface area contributed by atoms with Crippen LogP contribution in [0.1, 0.15) is 46.0 Å². The first kappa shape index (κ1) is 11.7. The highest BCUT2D eigenvalue weighted by molar-refractivity contribution is 5.83. The summed E-state index contributed by atoms with van der Waals surface area (Å²) in [6.45, 7) is 4.71. The first-order valence-electron chi connectivity index (χ1n) is 5.90. The Morgan fingerprint density at radius 2 is 1.86 bits per heavy atom. The van der Waals surface area contributed by atoms with Crippen LogP contribution in [0.25, 0.3) is 0 Å². The van der Waals surface area contributed by atoms with E-state index in [2.05, 4.69) is 13.8 Å². The van der Waals surface area contributed by atoms with Gasteiger partial charge >= 0.3 is 0 Å². The van der Waals surface area contributed by atoms with Gasteiger partial charge in [-0.3, -0.25) is 4.79 Å². The van der Waals surface area contributed by atoms with E-state index in [0.29, 0.717) is 24.2 Å². The first-order chi connectivity index (χ1) is 6.66. The van der Waals surface area contributed by atoms with E-state index >= 15 is 0 Å². The molecule has 1 fully saturated rings. The van der Waals surface area contributed by atoms with E-state index in [1.54, 1.807) is 0 Å². The van der Waals surface area contributed by atoms with E-state index in [1.807, 2.05) is 0 Å². The summed E-state index contributed by atoms with van der Waals surface area (Å²) < 4.78 is 0. The van der Waals surface area contributed by atoms with Gasteiger partial charge in [0, 0.05) is 18.4 Å². The van der Waals surface area contributed by atoms with Gasteiger partial charge in [0.2, 0.25) is 0 Å². The van der Waals surface area contributed by atoms with Crippen molar-refractivity contribution in [2.75, 3.05) is 6.54 Å². The van der Waals surface area contributed by atoms with Gasteiger partial charge in [-0.25, -0.2) is 0 Å². The third-order valence-corrected chi connectivity index (χ3v) is 3.43. The van der Waals surface area contributed by atoms with Crippen LogP contribution in [0, 0.1) is 17.8 Å². The molecule has 1 unspecified atom stereocenters. The van der Waals surface area contributed by atoms with E-state index in [4.69, 9.17) is 5.73 Å². The summed E-state index contributed by atoms with van der Waals surface area (Å²) in [5, 5.41) is 0. The average Bonchev–Trinajstić information content (AvgIpc) is 2.19. The molecular formula is C12H23NO. The van der Waals surface area contributed by atoms with Crippen molar-refractivity contribution in [1.82, 2.24) is 0 Å². The minimum absolute atomic E-state index is 0.0955. The lowest BCUT2D eigenvalue weighted by Gasteiger charge is -2.26. The van der Waals surface area contributed by atoms with Crippen molar-refractivity contribution in [3.63, 3.8) is 0 Å². The summed E-state index contributed by atoms with van der Waals surface area (Å²) in [6, 6.07) is 0. The van der Waals surface area contributed by atoms with Gasteiger partial charge in [-0.05, 0) is 18.8 Å². The fourth-order valence-electron chi connectivity index (χ4n) is 2.41. The van der Waals surface area contributed by atoms with Gasteiger partial charge in [-0.2, -0.15) is 0 Å². The van der Waals surface area contributed by atoms with Gasteiger partial charge in [0.1, 0.15) is 5.78 Å². The maximum Gasteiger partial charge on any atom is 0.140 e. The van der Waals surface area contributed by atoms with Crippen molar-refractivity contribution in [3.8, 4) is 0 Å². The van der Waals surface area contributed by atoms with Crippen LogP contribution in [0.2, 0.25) is 0 Å². The summed E-state index contributed by atoms with van der Waals surface area (Å²) in [6.07, 6.45) is 5.96. The molecule has 14 heavy (non-hydrogen) atoms. The lowest BCUT2D eigenvalue weighted by Crippen LogP contribution is -2.34. The van der Waals surface area contributed by atoms with E-state index in [9.17, 15) is 4.79 Å². The summed E-state index contributed by atoms with van der Waals surface area (Å²) in [5.74, 6) is 1.24. The maximum atomic E-state index is 12.1. The van der Waals surface area contributed by atoms with Gasteiger partial charge in [0.15, 0.2) is 0 Å². The smallest absolute Gasteiger partial charge is 0.140 e. The second-order valence-corrected chi connectivity index (χ2v) is 4.82. The van der Waals surface area contributed by atoms with Crippen molar-refractivity contribution in [3.05, 3.63) is 0 Å². The zero-order chi connectivity index (χ0) is 10.6. The zero-order valence-electron chi connectivity index (χ0n) is 9.46. The molecule has 2 N–H and O–H groups in total. The summed E-state index contributed by atoms with van der Waals surface area (Å²) in [4.78, 5) is 12.1. The van der Waals surface area contributed by atoms with Crippen molar-refractivity contribution >= 4 is 5.78 Å². The van der Waals surface area contributed by atoms with Crippen molar-refractivity contribution in [2.24, 2.45) is 23.5 Å². The standard InChI is InChI=1S/C12H23NO/c1-9(2)11(8-13)12(14)10-6-4-3-5-7-10/h9-11H,3-8,13H2,1-2H3. The Bertz CT molecular complexity index is 183. The molecule has 0 aromatic rings. The molecule has 0 saturated heterocycles. The molecule has 82 valence electrons. The van der Waals surface area contributed by atoms with E-state index in [0.717, 1.165) is 12.8 Å². The second-order valence-electron chi connectivity index (χ2n) is 4.82. The third-order valence-electron chi connectivity index (χ3n) is 3.43. The molecule has 0 aromatic carbocycles. The molecule has 1 aliphatic rings. The Kier molecular flexibility index (Phi) is 4.59. The van der Waals surface area contributed by atoms with Crippen molar-refractivity contribution < 1.29 is 4.79 Å². The van der Waals surface area contributed by atoms with Gasteiger partial charge in [-0.15, -0.1) is 0 Å². The fourth-order valence-corrected chi connectivity index (χ4v) is 2.41. The summed E-state index contributed by atoms with van der Waals surface area (Å²) in [7, 11) is 0. The van der Waals surface area contributed by atoms with E-state index < -0.39 is 0 Å². The molecular weight excluding hydrogens is 174 g/mol. The molecule has 1 atom stereocenters. The van der Waals surface area contributed by atoms with Crippen LogP contribution in [-0.4, -0.2) is 12.3 Å². The van der Waals surface area contributed by atoms with Crippen LogP contribution in [-0.2, 0) is 4.79 Å². The Hall–Kier alpha value is -0.370. The normalized spacial score (nSPS) is 21.1. The van der Waals surface area contributed by atoms with Gasteiger partial charge < -0.3 is 5.73 Å². The predicted octanol–water partition coefficient (Wildman–Crippen LogP) is 2.37. The van der Waals surface area contributed by atoms with Crippen molar-refractivity contribution in [2.45, 2.75) is 46.0 Å². The number of Topliss-reactive ketones (excluding diaryl/α,β-unsaturated/α-hetero) is 1. The van der Waals surface area contributed by atoms with Gasteiger partial charge in [0.05, 0.1) is 0 Å². The van der Waals surface area contributed by atoms with Crippen LogP contribution in [0.3, 0.4) is 0 Å². The highest BCUT2D eigenvalue weighted by atomic mass is 16.1. The van der Waals surface area contributed by atoms with Crippen molar-refractivity contribution in [1.29, 1.82) is 0 Å². The Morgan fingerprint density at radius 3 is 2.29 bits per heavy atom. The lowest BCUT2D eigenvalue weighted by molar-refractivity contribution is -0.128. The van der Waals surface area contributed by atoms with Gasteiger partial charge in [-0.1, -0.05) is 33.1 Å². The van der Waals surface area contributed by atoms with Crippen LogP contribution in [0.5, 0.6) is 0 Å². The molecule has 1 aliphatic carbocycles. The van der Waals surface area contributed by atoms with E-state index in [-0.39, 0.29) is 5.92 Å². The highest BCUT2D eigenvalue weighted by Gasteiger charge is 2.28. The minimum Gasteiger partial charge on any atom is -0.330 e. The number of nitrogens with two attached hydrogens (primary N) is 1. The van der Waals surface area contributed by atoms with Crippen LogP contribution in [0.4, 0.5) is 0 Å². The Labute approximate surface area is 87.2 Å². The molecule has 0 radical (unpaired) electrons. The quantitative estimate of drug-likeness (QED) is 0.752. The lowest BCUT2D eigenvalue weighted by atomic mass is 9.78. The molecule has 1 rings (SSSR count). The molecule has 0 spiro atoms. The molecule has 0 aliphatic heterocycles. The maximum absolute atomic E-state index is 12.1. The number of hydrogen-bond donors (Lipinski definition) is 1. The molecule has 0 aromatic heterocycles. The molecule has 0 amide bonds. The molecule has 1 saturated carbocycles. The molecule has 2 heteroatoms. The number of hydrogen-bond acceptors (Lipinski definition) is 2. The number of carbonyl (C=O) groups is 1. The number of rotatable bonds is 4. The minimum atomic E-state index is 0.0955. The van der Waals surface area contributed by atoms with E-state index in [1.165, 1.54) is 19.3 Å². The monoisotopic (exact) mass is 197 g/mol. The van der Waals surface area contributed by atoms with Gasteiger partial charge in [0.25, 0.3) is 0 Å². The fraction of sp³-hybridized carbons (Fsp3) is 0.917. The molecule has 0 bridgehead atoms. The molecule has 2 nitrogen and oxygen atoms in total. The topological polar surface area (TPSA) is 43.1 Å². The SMILES string of the molecule is CC(C)C(CN)C(=O)C1CCCCC1. The molecule has 0 heterocycles. The van der Waals surface area contributed by atoms with Crippen LogP contribution < -0.4 is 5.73 Å². The Morgan fingerprint density at radius 1 is 1.29 bits per heavy atom. The van der Waals surface area contributed by atoms with Crippen LogP contribution in [0.15, 0.2) is 0 Å². The average molecular weight is 197 g/mol. The summed E-state index contributed by atoms with van der Waals surface area (Å²) in [5.41, 5.74) is 5.66. The van der Waals surface area contributed by atoms with Crippen LogP contribution >= 0.6 is 0 Å². The largest absolute Gasteiger partial charge is 0.330 e. The first-order valence-corrected chi connectivity index (χ1v) is 5.90. The third kappa shape index (κ3) is 2.81. The predicted molar refractivity (Wildman–Crippen MR) is 59.0 cm³/mol. The zero-order valence-corrected chi connectivity index (χ0v) is 9.46. The number of ketones is 1. The highest BCUT2D eigenvalue weighted by Crippen LogP contribution is 2.28. The second kappa shape index (κ2) is 5.50. The summed E-state index contributed by atoms with van der Waals surface area (Å²) >= 11 is 0. The Balaban J connectivity index is 2.52.